The lowest BCUT2D eigenvalue weighted by atomic mass is 10.0. The maximum atomic E-state index is 13.6. The van der Waals surface area contributed by atoms with E-state index in [9.17, 15) is 26.0 Å². The van der Waals surface area contributed by atoms with Crippen LogP contribution in [0.1, 0.15) is 36.1 Å². The number of piperidine rings is 1. The van der Waals surface area contributed by atoms with E-state index in [2.05, 4.69) is 27.4 Å². The van der Waals surface area contributed by atoms with Gasteiger partial charge >= 0.3 is 6.18 Å². The Morgan fingerprint density at radius 3 is 2.51 bits per heavy atom. The van der Waals surface area contributed by atoms with Crippen LogP contribution in [0.4, 0.5) is 28.9 Å². The van der Waals surface area contributed by atoms with Gasteiger partial charge < -0.3 is 20.3 Å². The molecule has 2 aromatic carbocycles. The number of halogens is 4. The molecule has 1 saturated heterocycles. The topological polar surface area (TPSA) is 70.7 Å². The van der Waals surface area contributed by atoms with Crippen LogP contribution in [-0.4, -0.2) is 64.3 Å². The molecule has 2 N–H and O–H groups in total. The van der Waals surface area contributed by atoms with Gasteiger partial charge in [-0.3, -0.25) is 0 Å². The fourth-order valence-electron chi connectivity index (χ4n) is 5.15. The Balaban J connectivity index is 1.36. The monoisotopic (exact) mass is 609 g/mol. The van der Waals surface area contributed by atoms with Crippen LogP contribution in [0.5, 0.6) is 5.75 Å². The van der Waals surface area contributed by atoms with Crippen molar-refractivity contribution in [2.75, 3.05) is 43.4 Å². The average Bonchev–Trinajstić information content (AvgIpc) is 3.70. The fraction of sp³-hybridized carbons (Fsp3) is 0.448. The van der Waals surface area contributed by atoms with Crippen molar-refractivity contribution in [3.8, 4) is 17.6 Å². The highest BCUT2D eigenvalue weighted by Crippen LogP contribution is 2.40. The number of nitrogens with zero attached hydrogens (tertiary/aromatic N) is 1. The van der Waals surface area contributed by atoms with Gasteiger partial charge in [-0.25, -0.2) is 12.8 Å². The molecule has 12 heteroatoms. The summed E-state index contributed by atoms with van der Waals surface area (Å²) in [6.45, 7) is 0.916. The average molecular weight is 610 g/mol. The highest BCUT2D eigenvalue weighted by molar-refractivity contribution is 7.90. The number of sulfone groups is 1. The summed E-state index contributed by atoms with van der Waals surface area (Å²) in [6.07, 6.45) is 0.0710. The first-order valence-corrected chi connectivity index (χ1v) is 16.1. The van der Waals surface area contributed by atoms with Gasteiger partial charge in [0.2, 0.25) is 6.86 Å². The predicted octanol–water partition coefficient (Wildman–Crippen LogP) is 6.22. The number of alkyl halides is 4. The van der Waals surface area contributed by atoms with Crippen LogP contribution in [0.25, 0.3) is 10.1 Å². The zero-order valence-corrected chi connectivity index (χ0v) is 24.1. The van der Waals surface area contributed by atoms with Crippen LogP contribution in [0, 0.1) is 11.8 Å². The van der Waals surface area contributed by atoms with Crippen molar-refractivity contribution in [1.29, 1.82) is 0 Å². The number of rotatable bonds is 9. The minimum atomic E-state index is -4.40. The molecule has 0 amide bonds. The van der Waals surface area contributed by atoms with Crippen LogP contribution >= 0.6 is 11.3 Å². The summed E-state index contributed by atoms with van der Waals surface area (Å²) < 4.78 is 83.0. The summed E-state index contributed by atoms with van der Waals surface area (Å²) in [7, 11) is -3.53. The van der Waals surface area contributed by atoms with Gasteiger partial charge in [0.05, 0.1) is 38.8 Å². The van der Waals surface area contributed by atoms with E-state index >= 15 is 0 Å². The summed E-state index contributed by atoms with van der Waals surface area (Å²) in [4.78, 5) is 2.84. The van der Waals surface area contributed by atoms with Gasteiger partial charge in [-0.1, -0.05) is 24.0 Å². The molecule has 1 aliphatic heterocycles. The van der Waals surface area contributed by atoms with E-state index in [4.69, 9.17) is 4.74 Å². The molecule has 0 spiro atoms. The van der Waals surface area contributed by atoms with Gasteiger partial charge in [-0.05, 0) is 54.8 Å². The largest absolute Gasteiger partial charge is 0.461 e. The highest BCUT2D eigenvalue weighted by Gasteiger charge is 2.33. The quantitative estimate of drug-likeness (QED) is 0.222. The standard InChI is InChI=1S/C29H31F4N3O3S2/c1-41(37,38)21-9-10-24(26(16-21)39-18-30)34-13-3-6-27-23(17-29(31,32)33)22-4-2-5-25(28(22)40-27)35-19-11-14-36(15-12-19)20-7-8-20/h2,4-5,9-10,16,19-20,34-35H,7-8,11-15,17-18H2,1H3. The van der Waals surface area contributed by atoms with E-state index in [-0.39, 0.29) is 28.8 Å². The van der Waals surface area contributed by atoms with Gasteiger partial charge in [0.15, 0.2) is 9.84 Å². The Kier molecular flexibility index (Phi) is 8.68. The van der Waals surface area contributed by atoms with E-state index < -0.39 is 29.3 Å². The van der Waals surface area contributed by atoms with Crippen LogP contribution in [0.15, 0.2) is 41.3 Å². The molecular formula is C29H31F4N3O3S2. The number of ether oxygens (including phenoxy) is 1. The van der Waals surface area contributed by atoms with Gasteiger partial charge in [0.25, 0.3) is 0 Å². The summed E-state index contributed by atoms with van der Waals surface area (Å²) in [5, 5.41) is 7.06. The fourth-order valence-corrected chi connectivity index (χ4v) is 6.96. The second-order valence-corrected chi connectivity index (χ2v) is 13.4. The van der Waals surface area contributed by atoms with Crippen molar-refractivity contribution >= 4 is 42.6 Å². The van der Waals surface area contributed by atoms with Crippen LogP contribution in [0.3, 0.4) is 0 Å². The molecule has 0 bridgehead atoms. The summed E-state index contributed by atoms with van der Waals surface area (Å²) >= 11 is 1.24. The first kappa shape index (κ1) is 29.5. The smallest absolute Gasteiger partial charge is 0.393 e. The lowest BCUT2D eigenvalue weighted by Crippen LogP contribution is -2.40. The number of benzene rings is 2. The molecule has 5 rings (SSSR count). The van der Waals surface area contributed by atoms with E-state index in [1.807, 2.05) is 6.07 Å². The molecule has 2 fully saturated rings. The maximum absolute atomic E-state index is 13.6. The number of nitrogens with one attached hydrogen (secondary N) is 2. The molecule has 1 aliphatic carbocycles. The Labute approximate surface area is 241 Å². The Bertz CT molecular complexity index is 1570. The molecule has 0 radical (unpaired) electrons. The van der Waals surface area contributed by atoms with E-state index in [0.717, 1.165) is 48.6 Å². The van der Waals surface area contributed by atoms with Crippen LogP contribution in [-0.2, 0) is 16.3 Å². The summed E-state index contributed by atoms with van der Waals surface area (Å²) in [6, 6.07) is 10.4. The van der Waals surface area contributed by atoms with E-state index in [1.165, 1.54) is 42.4 Å². The number of hydrogen-bond acceptors (Lipinski definition) is 7. The van der Waals surface area contributed by atoms with Gasteiger partial charge in [0, 0.05) is 37.5 Å². The first-order valence-electron chi connectivity index (χ1n) is 13.4. The molecule has 0 unspecified atom stereocenters. The zero-order valence-electron chi connectivity index (χ0n) is 22.5. The molecule has 1 aromatic heterocycles. The molecule has 3 aromatic rings. The third-order valence-electron chi connectivity index (χ3n) is 7.31. The Morgan fingerprint density at radius 2 is 1.85 bits per heavy atom. The second-order valence-electron chi connectivity index (χ2n) is 10.4. The minimum Gasteiger partial charge on any atom is -0.461 e. The normalized spacial score (nSPS) is 16.8. The molecule has 0 atom stereocenters. The SMILES string of the molecule is CS(=O)(=O)c1ccc(NCC#Cc2sc3c(NC4CCN(C5CC5)CC4)cccc3c2CC(F)(F)F)c(OCF)c1. The van der Waals surface area contributed by atoms with Crippen molar-refractivity contribution in [3.63, 3.8) is 0 Å². The molecular weight excluding hydrogens is 578 g/mol. The van der Waals surface area contributed by atoms with Crippen molar-refractivity contribution in [1.82, 2.24) is 4.90 Å². The molecule has 2 aliphatic rings. The molecule has 6 nitrogen and oxygen atoms in total. The molecule has 1 saturated carbocycles. The first-order chi connectivity index (χ1) is 19.5. The van der Waals surface area contributed by atoms with E-state index in [1.54, 1.807) is 12.1 Å². The number of anilines is 2. The molecule has 220 valence electrons. The van der Waals surface area contributed by atoms with Crippen molar-refractivity contribution in [3.05, 3.63) is 46.8 Å². The van der Waals surface area contributed by atoms with E-state index in [0.29, 0.717) is 16.0 Å². The lowest BCUT2D eigenvalue weighted by Gasteiger charge is -2.33. The number of likely N-dealkylation sites (tertiary alicyclic amines) is 1. The number of fused-ring (bicyclic) bond motifs is 1. The minimum absolute atomic E-state index is 0.00414. The van der Waals surface area contributed by atoms with Gasteiger partial charge in [-0.15, -0.1) is 11.3 Å². The summed E-state index contributed by atoms with van der Waals surface area (Å²) in [5.41, 5.74) is 1.29. The third kappa shape index (κ3) is 7.45. The van der Waals surface area contributed by atoms with Crippen LogP contribution < -0.4 is 15.4 Å². The van der Waals surface area contributed by atoms with Gasteiger partial charge in [-0.2, -0.15) is 13.2 Å². The highest BCUT2D eigenvalue weighted by atomic mass is 32.2. The van der Waals surface area contributed by atoms with Crippen LogP contribution in [0.2, 0.25) is 0 Å². The Hall–Kier alpha value is -3.01. The zero-order chi connectivity index (χ0) is 29.2. The molecule has 41 heavy (non-hydrogen) atoms. The predicted molar refractivity (Wildman–Crippen MR) is 154 cm³/mol. The second kappa shape index (κ2) is 12.1. The lowest BCUT2D eigenvalue weighted by molar-refractivity contribution is -0.126. The summed E-state index contributed by atoms with van der Waals surface area (Å²) in [5.74, 6) is 5.76. The molecule has 2 heterocycles. The maximum Gasteiger partial charge on any atom is 0.393 e. The Morgan fingerprint density at radius 1 is 1.10 bits per heavy atom. The van der Waals surface area contributed by atoms with Gasteiger partial charge in [0.1, 0.15) is 5.75 Å². The number of hydrogen-bond donors (Lipinski definition) is 2. The number of thiophene rings is 1. The van der Waals surface area contributed by atoms with Crippen molar-refractivity contribution < 1.29 is 30.7 Å². The third-order valence-corrected chi connectivity index (χ3v) is 9.62. The van der Waals surface area contributed by atoms with Crippen molar-refractivity contribution in [2.45, 2.75) is 55.3 Å². The van der Waals surface area contributed by atoms with Crippen molar-refractivity contribution in [2.24, 2.45) is 0 Å².